The molecule has 3 aliphatic rings. The summed E-state index contributed by atoms with van der Waals surface area (Å²) < 4.78 is 20.1. The molecule has 0 radical (unpaired) electrons. The largest absolute Gasteiger partial charge is 0.341 e. The van der Waals surface area contributed by atoms with E-state index in [9.17, 15) is 0 Å². The Morgan fingerprint density at radius 2 is 2.16 bits per heavy atom. The molecule has 6 nitrogen and oxygen atoms in total. The fourth-order valence-electron chi connectivity index (χ4n) is 3.18. The number of fused-ring (bicyclic) bond motifs is 6. The number of ether oxygens (including phenoxy) is 3. The van der Waals surface area contributed by atoms with Gasteiger partial charge in [-0.2, -0.15) is 0 Å². The maximum Gasteiger partial charge on any atom is 0.235 e. The van der Waals surface area contributed by atoms with E-state index < -0.39 is 5.79 Å². The van der Waals surface area contributed by atoms with Gasteiger partial charge in [-0.05, 0) is 13.8 Å². The van der Waals surface area contributed by atoms with Gasteiger partial charge in [-0.15, -0.1) is 4.98 Å². The lowest BCUT2D eigenvalue weighted by atomic mass is 10.1. The number of hydrogen-bond acceptors (Lipinski definition) is 5. The number of rotatable bonds is 0. The Bertz CT molecular complexity index is 534. The van der Waals surface area contributed by atoms with Crippen molar-refractivity contribution in [2.45, 2.75) is 57.6 Å². The van der Waals surface area contributed by atoms with Gasteiger partial charge in [-0.25, -0.2) is 4.57 Å². The third-order valence-corrected chi connectivity index (χ3v) is 3.98. The minimum absolute atomic E-state index is 0.00146. The van der Waals surface area contributed by atoms with Crippen LogP contribution in [0.1, 0.15) is 19.7 Å². The van der Waals surface area contributed by atoms with Crippen LogP contribution >= 0.6 is 0 Å². The van der Waals surface area contributed by atoms with Gasteiger partial charge in [-0.3, -0.25) is 5.32 Å². The molecule has 0 spiro atoms. The van der Waals surface area contributed by atoms with E-state index in [-0.39, 0.29) is 24.5 Å². The molecule has 1 N–H and O–H groups in total. The minimum Gasteiger partial charge on any atom is -0.341 e. The molecule has 2 saturated heterocycles. The topological polar surface area (TPSA) is 56.5 Å². The molecule has 3 aliphatic heterocycles. The van der Waals surface area contributed by atoms with E-state index in [1.807, 2.05) is 26.8 Å². The van der Waals surface area contributed by atoms with Crippen LogP contribution in [-0.2, 0) is 20.8 Å². The van der Waals surface area contributed by atoms with Crippen molar-refractivity contribution >= 4 is 5.82 Å². The summed E-state index contributed by atoms with van der Waals surface area (Å²) in [7, 11) is 0. The van der Waals surface area contributed by atoms with Crippen molar-refractivity contribution in [3.8, 4) is 0 Å². The van der Waals surface area contributed by atoms with E-state index >= 15 is 0 Å². The van der Waals surface area contributed by atoms with Gasteiger partial charge >= 0.3 is 0 Å². The van der Waals surface area contributed by atoms with Gasteiger partial charge in [-0.1, -0.05) is 0 Å². The van der Waals surface area contributed by atoms with Crippen molar-refractivity contribution in [1.29, 1.82) is 0 Å². The van der Waals surface area contributed by atoms with Crippen molar-refractivity contribution in [3.05, 3.63) is 18.1 Å². The van der Waals surface area contributed by atoms with Gasteiger partial charge in [0.25, 0.3) is 0 Å². The first-order valence-corrected chi connectivity index (χ1v) is 6.67. The lowest BCUT2D eigenvalue weighted by Gasteiger charge is -2.21. The molecule has 0 amide bonds. The molecule has 6 heteroatoms. The highest BCUT2D eigenvalue weighted by atomic mass is 16.8. The molecule has 4 atom stereocenters. The molecule has 102 valence electrons. The number of anilines is 1. The van der Waals surface area contributed by atoms with E-state index in [1.165, 1.54) is 0 Å². The third-order valence-electron chi connectivity index (χ3n) is 3.98. The number of nitrogens with one attached hydrogen (secondary N) is 1. The molecule has 1 aromatic rings. The standard InChI is InChI=1S/C13H17N3O3/c1-7-14-5-4-9-15-12-11-10(18-13(2,3)19-11)8(17-12)6-16(7)9/h4-5,8,10-12H,6H2,1-3H3/p+1/t8-,10+,11?,12+/m1/s1. The predicted octanol–water partition coefficient (Wildman–Crippen LogP) is 0.348. The highest BCUT2D eigenvalue weighted by Gasteiger charge is 2.58. The second-order valence-electron chi connectivity index (χ2n) is 5.79. The summed E-state index contributed by atoms with van der Waals surface area (Å²) in [5.74, 6) is 1.45. The molecule has 2 fully saturated rings. The van der Waals surface area contributed by atoms with Crippen LogP contribution in [0, 0.1) is 6.92 Å². The number of aromatic nitrogens is 2. The number of nitrogens with zero attached hydrogens (tertiary/aromatic N) is 2. The van der Waals surface area contributed by atoms with Gasteiger partial charge < -0.3 is 14.2 Å². The fourth-order valence-corrected chi connectivity index (χ4v) is 3.18. The van der Waals surface area contributed by atoms with Gasteiger partial charge in [0, 0.05) is 13.0 Å². The first-order chi connectivity index (χ1) is 9.03. The van der Waals surface area contributed by atoms with E-state index in [4.69, 9.17) is 14.2 Å². The van der Waals surface area contributed by atoms with Crippen LogP contribution in [0.4, 0.5) is 5.82 Å². The molecule has 1 unspecified atom stereocenters. The summed E-state index contributed by atoms with van der Waals surface area (Å²) in [6, 6.07) is 1.97. The normalized spacial score (nSPS) is 38.3. The molecule has 1 aromatic heterocycles. The molecule has 0 saturated carbocycles. The molecule has 4 heterocycles. The van der Waals surface area contributed by atoms with E-state index in [2.05, 4.69) is 14.9 Å². The monoisotopic (exact) mass is 264 g/mol. The Morgan fingerprint density at radius 1 is 1.37 bits per heavy atom. The zero-order valence-corrected chi connectivity index (χ0v) is 11.3. The highest BCUT2D eigenvalue weighted by molar-refractivity contribution is 5.30. The van der Waals surface area contributed by atoms with Crippen LogP contribution in [-0.4, -0.2) is 35.3 Å². The summed E-state index contributed by atoms with van der Waals surface area (Å²) in [5, 5.41) is 3.40. The Hall–Kier alpha value is -1.24. The van der Waals surface area contributed by atoms with Crippen molar-refractivity contribution < 1.29 is 18.8 Å². The highest BCUT2D eigenvalue weighted by Crippen LogP contribution is 2.39. The maximum absolute atomic E-state index is 6.01. The summed E-state index contributed by atoms with van der Waals surface area (Å²) in [5.41, 5.74) is 0. The maximum atomic E-state index is 6.01. The van der Waals surface area contributed by atoms with Crippen molar-refractivity contribution in [2.75, 3.05) is 5.32 Å². The predicted molar refractivity (Wildman–Crippen MR) is 65.3 cm³/mol. The van der Waals surface area contributed by atoms with Gasteiger partial charge in [0.05, 0.1) is 0 Å². The fraction of sp³-hybridized carbons (Fsp3) is 0.692. The van der Waals surface area contributed by atoms with Crippen molar-refractivity contribution in [2.24, 2.45) is 0 Å². The Balaban J connectivity index is 1.72. The molecule has 19 heavy (non-hydrogen) atoms. The minimum atomic E-state index is -0.536. The summed E-state index contributed by atoms with van der Waals surface area (Å²) in [4.78, 5) is 4.33. The summed E-state index contributed by atoms with van der Waals surface area (Å²) in [6.07, 6.45) is 1.57. The molecular weight excluding hydrogens is 246 g/mol. The molecule has 0 aliphatic carbocycles. The van der Waals surface area contributed by atoms with E-state index in [0.717, 1.165) is 18.2 Å². The third kappa shape index (κ3) is 1.67. The Kier molecular flexibility index (Phi) is 2.23. The zero-order chi connectivity index (χ0) is 13.2. The van der Waals surface area contributed by atoms with Crippen LogP contribution in [0.2, 0.25) is 0 Å². The molecule has 4 rings (SSSR count). The SMILES string of the molecule is Cc1nccc2[n+]1C[C@H]1O[C@H](N2)C2OC(C)(C)O[C@H]21. The second kappa shape index (κ2) is 3.65. The molecule has 2 bridgehead atoms. The van der Waals surface area contributed by atoms with E-state index in [1.54, 1.807) is 6.20 Å². The van der Waals surface area contributed by atoms with E-state index in [0.29, 0.717) is 0 Å². The van der Waals surface area contributed by atoms with Crippen LogP contribution in [0.3, 0.4) is 0 Å². The smallest absolute Gasteiger partial charge is 0.235 e. The van der Waals surface area contributed by atoms with Crippen LogP contribution in [0.25, 0.3) is 0 Å². The second-order valence-corrected chi connectivity index (χ2v) is 5.79. The van der Waals surface area contributed by atoms with Crippen molar-refractivity contribution in [3.63, 3.8) is 0 Å². The molecular formula is C13H18N3O3+. The van der Waals surface area contributed by atoms with Crippen LogP contribution in [0.15, 0.2) is 12.3 Å². The Labute approximate surface area is 111 Å². The van der Waals surface area contributed by atoms with Gasteiger partial charge in [0.15, 0.2) is 5.79 Å². The molecule has 0 aromatic carbocycles. The zero-order valence-electron chi connectivity index (χ0n) is 11.3. The number of hydrogen-bond donors (Lipinski definition) is 1. The first-order valence-electron chi connectivity index (χ1n) is 6.67. The average Bonchev–Trinajstić information content (AvgIpc) is 2.70. The Morgan fingerprint density at radius 3 is 3.00 bits per heavy atom. The lowest BCUT2D eigenvalue weighted by molar-refractivity contribution is -0.697. The lowest BCUT2D eigenvalue weighted by Crippen LogP contribution is -2.50. The van der Waals surface area contributed by atoms with Gasteiger partial charge in [0.1, 0.15) is 31.1 Å². The van der Waals surface area contributed by atoms with Crippen LogP contribution in [0.5, 0.6) is 0 Å². The summed E-state index contributed by atoms with van der Waals surface area (Å²) >= 11 is 0. The van der Waals surface area contributed by atoms with Gasteiger partial charge in [0.2, 0.25) is 17.9 Å². The first kappa shape index (κ1) is 11.6. The number of aryl methyl sites for hydroxylation is 1. The quantitative estimate of drug-likeness (QED) is 0.685. The average molecular weight is 264 g/mol. The summed E-state index contributed by atoms with van der Waals surface area (Å²) in [6.45, 7) is 6.63. The van der Waals surface area contributed by atoms with Crippen LogP contribution < -0.4 is 9.88 Å². The van der Waals surface area contributed by atoms with Crippen molar-refractivity contribution in [1.82, 2.24) is 4.98 Å².